The van der Waals surface area contributed by atoms with Gasteiger partial charge in [-0.3, -0.25) is 0 Å². The van der Waals surface area contributed by atoms with Crippen molar-refractivity contribution in [2.45, 2.75) is 54.8 Å². The van der Waals surface area contributed by atoms with Crippen molar-refractivity contribution in [2.75, 3.05) is 6.61 Å². The number of fused-ring (bicyclic) bond motifs is 3. The Bertz CT molecular complexity index is 1070. The maximum Gasteiger partial charge on any atom is 0.188 e. The fourth-order valence-corrected chi connectivity index (χ4v) is 7.88. The molecule has 4 rings (SSSR count). The largest absolute Gasteiger partial charge is 0.490 e. The van der Waals surface area contributed by atoms with Gasteiger partial charge >= 0.3 is 0 Å². The molecule has 0 spiro atoms. The second kappa shape index (κ2) is 8.34. The van der Waals surface area contributed by atoms with E-state index in [0.717, 1.165) is 18.6 Å². The van der Waals surface area contributed by atoms with Crippen LogP contribution in [0, 0.1) is 23.5 Å². The highest BCUT2D eigenvalue weighted by molar-refractivity contribution is 7.92. The standard InChI is InChI=1S/C23H25ClF2O4S/c1-14(27)4-5-15-3-2-12-23(31(28,29)17-8-6-16(24)7-9-17)18(15)13-30-22-20(26)11-10-19(25)21(22)23/h6-11,14-15,18,27H,2-5,12-13H2,1H3. The van der Waals surface area contributed by atoms with Crippen molar-refractivity contribution in [3.05, 3.63) is 58.6 Å². The zero-order valence-corrected chi connectivity index (χ0v) is 18.7. The molecule has 31 heavy (non-hydrogen) atoms. The number of aliphatic hydroxyl groups is 1. The molecule has 4 atom stereocenters. The number of aliphatic hydroxyl groups excluding tert-OH is 1. The molecule has 4 nitrogen and oxygen atoms in total. The molecule has 8 heteroatoms. The summed E-state index contributed by atoms with van der Waals surface area (Å²) in [5.41, 5.74) is -0.208. The van der Waals surface area contributed by atoms with Gasteiger partial charge in [0, 0.05) is 10.9 Å². The molecule has 1 heterocycles. The van der Waals surface area contributed by atoms with E-state index < -0.39 is 38.2 Å². The maximum atomic E-state index is 15.2. The van der Waals surface area contributed by atoms with Crippen LogP contribution in [0.3, 0.4) is 0 Å². The number of rotatable bonds is 5. The Balaban J connectivity index is 1.95. The normalized spacial score (nSPS) is 26.5. The highest BCUT2D eigenvalue weighted by Gasteiger charge is 2.60. The monoisotopic (exact) mass is 470 g/mol. The third kappa shape index (κ3) is 3.64. The summed E-state index contributed by atoms with van der Waals surface area (Å²) in [7, 11) is -4.13. The number of hydrogen-bond acceptors (Lipinski definition) is 4. The van der Waals surface area contributed by atoms with Gasteiger partial charge in [-0.2, -0.15) is 0 Å². The van der Waals surface area contributed by atoms with E-state index in [1.165, 1.54) is 24.3 Å². The predicted molar refractivity (Wildman–Crippen MR) is 114 cm³/mol. The Hall–Kier alpha value is -1.70. The number of benzene rings is 2. The predicted octanol–water partition coefficient (Wildman–Crippen LogP) is 5.26. The summed E-state index contributed by atoms with van der Waals surface area (Å²) >= 11 is 5.96. The Morgan fingerprint density at radius 2 is 1.87 bits per heavy atom. The van der Waals surface area contributed by atoms with Gasteiger partial charge in [0.05, 0.1) is 23.2 Å². The second-order valence-electron chi connectivity index (χ2n) is 8.58. The van der Waals surface area contributed by atoms with E-state index in [9.17, 15) is 17.9 Å². The van der Waals surface area contributed by atoms with Gasteiger partial charge < -0.3 is 9.84 Å². The Morgan fingerprint density at radius 3 is 2.55 bits per heavy atom. The van der Waals surface area contributed by atoms with Gasteiger partial charge in [-0.25, -0.2) is 17.2 Å². The molecule has 0 amide bonds. The number of hydrogen-bond donors (Lipinski definition) is 1. The molecule has 4 unspecified atom stereocenters. The van der Waals surface area contributed by atoms with Gasteiger partial charge in [0.25, 0.3) is 0 Å². The van der Waals surface area contributed by atoms with Crippen LogP contribution in [-0.2, 0) is 14.6 Å². The van der Waals surface area contributed by atoms with Gasteiger partial charge in [0.15, 0.2) is 21.4 Å². The van der Waals surface area contributed by atoms with Gasteiger partial charge in [-0.1, -0.05) is 18.0 Å². The number of sulfone groups is 1. The molecule has 2 aromatic rings. The van der Waals surface area contributed by atoms with E-state index in [2.05, 4.69) is 0 Å². The van der Waals surface area contributed by atoms with E-state index in [-0.39, 0.29) is 35.2 Å². The van der Waals surface area contributed by atoms with Gasteiger partial charge in [-0.05, 0) is 74.9 Å². The van der Waals surface area contributed by atoms with Gasteiger partial charge in [-0.15, -0.1) is 0 Å². The molecule has 1 aliphatic heterocycles. The van der Waals surface area contributed by atoms with E-state index in [0.29, 0.717) is 24.3 Å². The third-order valence-corrected chi connectivity index (χ3v) is 9.55. The minimum atomic E-state index is -4.13. The fourth-order valence-electron chi connectivity index (χ4n) is 5.31. The molecule has 2 aromatic carbocycles. The highest BCUT2D eigenvalue weighted by Crippen LogP contribution is 2.58. The van der Waals surface area contributed by atoms with E-state index >= 15 is 4.39 Å². The molecule has 1 fully saturated rings. The Kier molecular flexibility index (Phi) is 6.05. The number of halogens is 3. The summed E-state index contributed by atoms with van der Waals surface area (Å²) in [5, 5.41) is 10.2. The first kappa shape index (κ1) is 22.5. The van der Waals surface area contributed by atoms with Crippen LogP contribution in [0.2, 0.25) is 5.02 Å². The fraction of sp³-hybridized carbons (Fsp3) is 0.478. The van der Waals surface area contributed by atoms with Crippen molar-refractivity contribution in [1.29, 1.82) is 0 Å². The Labute approximate surface area is 186 Å². The summed E-state index contributed by atoms with van der Waals surface area (Å²) < 4.78 is 62.1. The van der Waals surface area contributed by atoms with E-state index in [1.54, 1.807) is 6.92 Å². The zero-order chi connectivity index (χ0) is 22.4. The molecule has 1 aliphatic carbocycles. The lowest BCUT2D eigenvalue weighted by atomic mass is 9.66. The molecular formula is C23H25ClF2O4S. The average Bonchev–Trinajstić information content (AvgIpc) is 2.74. The molecule has 2 aliphatic rings. The minimum Gasteiger partial charge on any atom is -0.490 e. The molecule has 1 saturated carbocycles. The van der Waals surface area contributed by atoms with Crippen LogP contribution in [0.25, 0.3) is 0 Å². The van der Waals surface area contributed by atoms with Crippen LogP contribution in [-0.4, -0.2) is 26.2 Å². The van der Waals surface area contributed by atoms with Crippen LogP contribution in [0.1, 0.15) is 44.6 Å². The lowest BCUT2D eigenvalue weighted by molar-refractivity contribution is 0.0616. The molecule has 0 aromatic heterocycles. The van der Waals surface area contributed by atoms with Crippen LogP contribution in [0.4, 0.5) is 8.78 Å². The summed E-state index contributed by atoms with van der Waals surface area (Å²) in [6.45, 7) is 1.66. The van der Waals surface area contributed by atoms with Crippen molar-refractivity contribution in [3.8, 4) is 5.75 Å². The smallest absolute Gasteiger partial charge is 0.188 e. The van der Waals surface area contributed by atoms with Crippen LogP contribution >= 0.6 is 11.6 Å². The second-order valence-corrected chi connectivity index (χ2v) is 11.2. The molecule has 0 bridgehead atoms. The molecule has 1 N–H and O–H groups in total. The van der Waals surface area contributed by atoms with Crippen molar-refractivity contribution in [1.82, 2.24) is 0 Å². The summed E-state index contributed by atoms with van der Waals surface area (Å²) in [5.74, 6) is -2.54. The summed E-state index contributed by atoms with van der Waals surface area (Å²) in [6.07, 6.45) is 2.00. The first-order valence-electron chi connectivity index (χ1n) is 10.5. The van der Waals surface area contributed by atoms with Crippen LogP contribution < -0.4 is 4.74 Å². The minimum absolute atomic E-state index is 0.0228. The zero-order valence-electron chi connectivity index (χ0n) is 17.2. The molecular weight excluding hydrogens is 446 g/mol. The molecule has 0 saturated heterocycles. The SMILES string of the molecule is CC(O)CCC1CCCC2(S(=O)(=O)c3ccc(Cl)cc3)c3c(F)ccc(F)c3OCC12. The first-order valence-corrected chi connectivity index (χ1v) is 12.3. The molecule has 168 valence electrons. The third-order valence-electron chi connectivity index (χ3n) is 6.74. The quantitative estimate of drug-likeness (QED) is 0.647. The van der Waals surface area contributed by atoms with Gasteiger partial charge in [0.2, 0.25) is 0 Å². The Morgan fingerprint density at radius 1 is 1.19 bits per heavy atom. The summed E-state index contributed by atoms with van der Waals surface area (Å²) in [4.78, 5) is 0.0228. The van der Waals surface area contributed by atoms with Crippen molar-refractivity contribution < 1.29 is 27.0 Å². The van der Waals surface area contributed by atoms with Crippen LogP contribution in [0.5, 0.6) is 5.75 Å². The van der Waals surface area contributed by atoms with Crippen molar-refractivity contribution in [3.63, 3.8) is 0 Å². The topological polar surface area (TPSA) is 63.6 Å². The summed E-state index contributed by atoms with van der Waals surface area (Å²) in [6, 6.07) is 7.72. The van der Waals surface area contributed by atoms with E-state index in [4.69, 9.17) is 16.3 Å². The number of ether oxygens (including phenoxy) is 1. The van der Waals surface area contributed by atoms with E-state index in [1.807, 2.05) is 0 Å². The van der Waals surface area contributed by atoms with Crippen molar-refractivity contribution in [2.24, 2.45) is 11.8 Å². The highest BCUT2D eigenvalue weighted by atomic mass is 35.5. The lowest BCUT2D eigenvalue weighted by Gasteiger charge is -2.50. The maximum absolute atomic E-state index is 15.2. The molecule has 0 radical (unpaired) electrons. The van der Waals surface area contributed by atoms with Gasteiger partial charge in [0.1, 0.15) is 10.6 Å². The lowest BCUT2D eigenvalue weighted by Crippen LogP contribution is -2.54. The van der Waals surface area contributed by atoms with Crippen LogP contribution in [0.15, 0.2) is 41.3 Å². The average molecular weight is 471 g/mol. The first-order chi connectivity index (χ1) is 14.7. The van der Waals surface area contributed by atoms with Crippen molar-refractivity contribution >= 4 is 21.4 Å².